The van der Waals surface area contributed by atoms with Gasteiger partial charge in [-0.3, -0.25) is 4.79 Å². The number of carbonyl (C=O) groups excluding carboxylic acids is 1. The first-order valence-electron chi connectivity index (χ1n) is 6.44. The van der Waals surface area contributed by atoms with Crippen molar-refractivity contribution in [1.29, 1.82) is 0 Å². The number of rotatable bonds is 3. The lowest BCUT2D eigenvalue weighted by molar-refractivity contribution is 0.102. The van der Waals surface area contributed by atoms with Crippen molar-refractivity contribution in [3.05, 3.63) is 34.9 Å². The van der Waals surface area contributed by atoms with Crippen molar-refractivity contribution in [3.8, 4) is 0 Å². The summed E-state index contributed by atoms with van der Waals surface area (Å²) in [6.45, 7) is 3.93. The van der Waals surface area contributed by atoms with Gasteiger partial charge in [0.2, 0.25) is 0 Å². The molecule has 22 heavy (non-hydrogen) atoms. The first-order chi connectivity index (χ1) is 9.83. The van der Waals surface area contributed by atoms with Gasteiger partial charge in [0.05, 0.1) is 17.4 Å². The number of hydrogen-bond acceptors (Lipinski definition) is 6. The molecule has 3 heterocycles. The van der Waals surface area contributed by atoms with Gasteiger partial charge in [-0.2, -0.15) is 0 Å². The molecular formula is C13H17Cl2N5OS. The third-order valence-corrected chi connectivity index (χ3v) is 3.72. The molecule has 0 spiro atoms. The second-order valence-electron chi connectivity index (χ2n) is 4.47. The van der Waals surface area contributed by atoms with E-state index < -0.39 is 0 Å². The molecule has 0 atom stereocenters. The molecule has 1 aliphatic heterocycles. The van der Waals surface area contributed by atoms with Crippen LogP contribution in [0, 0.1) is 0 Å². The highest BCUT2D eigenvalue weighted by molar-refractivity contribution is 7.07. The molecule has 0 unspecified atom stereocenters. The maximum absolute atomic E-state index is 11.8. The standard InChI is InChI=1S/C13H15N5OS.2ClH/c19-13(11-8-20-9-16-11)17-12-2-1-10(7-15-12)18-5-3-14-4-6-18;;/h1-2,7-9,14H,3-6H2,(H,15,17,19);2*1H. The van der Waals surface area contributed by atoms with Crippen LogP contribution >= 0.6 is 36.2 Å². The molecule has 1 saturated heterocycles. The third-order valence-electron chi connectivity index (χ3n) is 3.14. The zero-order chi connectivity index (χ0) is 13.8. The van der Waals surface area contributed by atoms with E-state index in [1.165, 1.54) is 11.3 Å². The summed E-state index contributed by atoms with van der Waals surface area (Å²) in [7, 11) is 0. The van der Waals surface area contributed by atoms with Crippen LogP contribution in [0.4, 0.5) is 11.5 Å². The molecule has 120 valence electrons. The average Bonchev–Trinajstić information content (AvgIpc) is 3.03. The van der Waals surface area contributed by atoms with Gasteiger partial charge < -0.3 is 15.5 Å². The summed E-state index contributed by atoms with van der Waals surface area (Å²) in [5.74, 6) is 0.315. The summed E-state index contributed by atoms with van der Waals surface area (Å²) >= 11 is 1.39. The number of thiazole rings is 1. The van der Waals surface area contributed by atoms with E-state index in [9.17, 15) is 4.79 Å². The number of halogens is 2. The Bertz CT molecular complexity index is 573. The molecule has 9 heteroatoms. The van der Waals surface area contributed by atoms with Crippen molar-refractivity contribution < 1.29 is 4.79 Å². The van der Waals surface area contributed by atoms with Gasteiger partial charge in [0, 0.05) is 31.6 Å². The Morgan fingerprint density at radius 3 is 2.59 bits per heavy atom. The molecule has 0 aromatic carbocycles. The highest BCUT2D eigenvalue weighted by Crippen LogP contribution is 2.16. The van der Waals surface area contributed by atoms with Gasteiger partial charge >= 0.3 is 0 Å². The zero-order valence-electron chi connectivity index (χ0n) is 11.7. The van der Waals surface area contributed by atoms with E-state index in [0.29, 0.717) is 11.5 Å². The van der Waals surface area contributed by atoms with E-state index in [4.69, 9.17) is 0 Å². The van der Waals surface area contributed by atoms with Crippen molar-refractivity contribution >= 4 is 53.6 Å². The maximum Gasteiger partial charge on any atom is 0.276 e. The molecule has 2 aromatic heterocycles. The molecule has 0 radical (unpaired) electrons. The lowest BCUT2D eigenvalue weighted by atomic mass is 10.3. The topological polar surface area (TPSA) is 70.2 Å². The molecule has 1 aliphatic rings. The highest BCUT2D eigenvalue weighted by atomic mass is 35.5. The number of anilines is 2. The van der Waals surface area contributed by atoms with Crippen LogP contribution in [0.2, 0.25) is 0 Å². The summed E-state index contributed by atoms with van der Waals surface area (Å²) in [5, 5.41) is 7.76. The maximum atomic E-state index is 11.8. The predicted molar refractivity (Wildman–Crippen MR) is 93.9 cm³/mol. The van der Waals surface area contributed by atoms with E-state index in [0.717, 1.165) is 31.9 Å². The number of pyridine rings is 1. The minimum Gasteiger partial charge on any atom is -0.368 e. The zero-order valence-corrected chi connectivity index (χ0v) is 14.1. The Labute approximate surface area is 145 Å². The first-order valence-corrected chi connectivity index (χ1v) is 7.38. The molecule has 0 aliphatic carbocycles. The fourth-order valence-electron chi connectivity index (χ4n) is 2.08. The SMILES string of the molecule is Cl.Cl.O=C(Nc1ccc(N2CCNCC2)cn1)c1cscn1. The number of carbonyl (C=O) groups is 1. The quantitative estimate of drug-likeness (QED) is 0.875. The third kappa shape index (κ3) is 4.54. The molecule has 0 saturated carbocycles. The van der Waals surface area contributed by atoms with Crippen molar-refractivity contribution in [3.63, 3.8) is 0 Å². The van der Waals surface area contributed by atoms with E-state index in [1.54, 1.807) is 17.1 Å². The fourth-order valence-corrected chi connectivity index (χ4v) is 2.61. The van der Waals surface area contributed by atoms with Crippen LogP contribution in [0.25, 0.3) is 0 Å². The van der Waals surface area contributed by atoms with Crippen molar-refractivity contribution in [2.24, 2.45) is 0 Å². The number of hydrogen-bond donors (Lipinski definition) is 2. The Morgan fingerprint density at radius 1 is 1.23 bits per heavy atom. The number of nitrogens with zero attached hydrogens (tertiary/aromatic N) is 3. The van der Waals surface area contributed by atoms with Gasteiger partial charge in [-0.15, -0.1) is 36.2 Å². The first kappa shape index (κ1) is 18.6. The average molecular weight is 362 g/mol. The van der Waals surface area contributed by atoms with E-state index in [-0.39, 0.29) is 30.7 Å². The number of aromatic nitrogens is 2. The van der Waals surface area contributed by atoms with Crippen LogP contribution < -0.4 is 15.5 Å². The van der Waals surface area contributed by atoms with Gasteiger partial charge in [0.1, 0.15) is 11.5 Å². The molecule has 2 aromatic rings. The van der Waals surface area contributed by atoms with Gasteiger partial charge in [-0.25, -0.2) is 9.97 Å². The van der Waals surface area contributed by atoms with E-state index in [2.05, 4.69) is 25.5 Å². The minimum absolute atomic E-state index is 0. The predicted octanol–water partition coefficient (Wildman–Crippen LogP) is 2.04. The summed E-state index contributed by atoms with van der Waals surface area (Å²) < 4.78 is 0. The van der Waals surface area contributed by atoms with Crippen molar-refractivity contribution in [2.45, 2.75) is 0 Å². The van der Waals surface area contributed by atoms with Crippen LogP contribution in [0.1, 0.15) is 10.5 Å². The lowest BCUT2D eigenvalue weighted by Gasteiger charge is -2.29. The van der Waals surface area contributed by atoms with Crippen molar-refractivity contribution in [1.82, 2.24) is 15.3 Å². The summed E-state index contributed by atoms with van der Waals surface area (Å²) in [5.41, 5.74) is 3.14. The molecule has 1 fully saturated rings. The Balaban J connectivity index is 0.00000121. The van der Waals surface area contributed by atoms with Crippen molar-refractivity contribution in [2.75, 3.05) is 36.4 Å². The van der Waals surface area contributed by atoms with E-state index in [1.807, 2.05) is 12.1 Å². The van der Waals surface area contributed by atoms with Gasteiger partial charge in [0.25, 0.3) is 5.91 Å². The second-order valence-corrected chi connectivity index (χ2v) is 5.19. The molecule has 0 bridgehead atoms. The van der Waals surface area contributed by atoms with Crippen LogP contribution in [-0.4, -0.2) is 42.1 Å². The second kappa shape index (κ2) is 8.89. The number of amides is 1. The van der Waals surface area contributed by atoms with Gasteiger partial charge in [0.15, 0.2) is 0 Å². The van der Waals surface area contributed by atoms with Crippen LogP contribution in [0.3, 0.4) is 0 Å². The molecule has 3 rings (SSSR count). The monoisotopic (exact) mass is 361 g/mol. The van der Waals surface area contributed by atoms with Crippen LogP contribution in [0.15, 0.2) is 29.2 Å². The number of piperazine rings is 1. The summed E-state index contributed by atoms with van der Waals surface area (Å²) in [4.78, 5) is 22.4. The molecule has 2 N–H and O–H groups in total. The van der Waals surface area contributed by atoms with Crippen LogP contribution in [0.5, 0.6) is 0 Å². The molecule has 6 nitrogen and oxygen atoms in total. The normalized spacial score (nSPS) is 13.7. The number of nitrogens with one attached hydrogen (secondary N) is 2. The van der Waals surface area contributed by atoms with E-state index >= 15 is 0 Å². The summed E-state index contributed by atoms with van der Waals surface area (Å²) in [6.07, 6.45) is 1.79. The van der Waals surface area contributed by atoms with Crippen LogP contribution in [-0.2, 0) is 0 Å². The molecule has 1 amide bonds. The smallest absolute Gasteiger partial charge is 0.276 e. The minimum atomic E-state index is -0.228. The van der Waals surface area contributed by atoms with Gasteiger partial charge in [-0.1, -0.05) is 0 Å². The molecular weight excluding hydrogens is 345 g/mol. The largest absolute Gasteiger partial charge is 0.368 e. The Hall–Kier alpha value is -1.41. The summed E-state index contributed by atoms with van der Waals surface area (Å²) in [6, 6.07) is 3.80. The van der Waals surface area contributed by atoms with Gasteiger partial charge in [-0.05, 0) is 12.1 Å². The Morgan fingerprint density at radius 2 is 2.00 bits per heavy atom. The lowest BCUT2D eigenvalue weighted by Crippen LogP contribution is -2.43. The fraction of sp³-hybridized carbons (Fsp3) is 0.308. The Kier molecular flexibility index (Phi) is 7.53. The highest BCUT2D eigenvalue weighted by Gasteiger charge is 2.12.